The van der Waals surface area contributed by atoms with Crippen LogP contribution in [0.4, 0.5) is 0 Å². The van der Waals surface area contributed by atoms with Gasteiger partial charge in [-0.05, 0) is 55.6 Å². The van der Waals surface area contributed by atoms with Crippen molar-refractivity contribution in [3.63, 3.8) is 0 Å². The van der Waals surface area contributed by atoms with Gasteiger partial charge in [-0.25, -0.2) is 0 Å². The molecule has 1 unspecified atom stereocenters. The molecule has 3 rings (SSSR count). The van der Waals surface area contributed by atoms with E-state index < -0.39 is 0 Å². The standard InChI is InChI=1S/C21H28N2O3S/c1-25-19-9-8-16(13-20(19)26-2)18(24)15-22-14-17(21-7-6-12-27-21)23-10-4-3-5-11-23/h6-9,12-13,17,22H,3-5,10-11,14-15H2,1-2H3. The van der Waals surface area contributed by atoms with E-state index >= 15 is 0 Å². The predicted molar refractivity (Wildman–Crippen MR) is 109 cm³/mol. The first-order valence-electron chi connectivity index (χ1n) is 9.46. The molecular formula is C21H28N2O3S. The van der Waals surface area contributed by atoms with Crippen molar-refractivity contribution >= 4 is 17.1 Å². The largest absolute Gasteiger partial charge is 0.493 e. The van der Waals surface area contributed by atoms with Crippen LogP contribution in [-0.2, 0) is 0 Å². The first-order valence-corrected chi connectivity index (χ1v) is 10.3. The zero-order valence-corrected chi connectivity index (χ0v) is 16.9. The van der Waals surface area contributed by atoms with Gasteiger partial charge in [0.2, 0.25) is 0 Å². The summed E-state index contributed by atoms with van der Waals surface area (Å²) in [6.45, 7) is 3.35. The maximum atomic E-state index is 12.6. The lowest BCUT2D eigenvalue weighted by atomic mass is 10.1. The highest BCUT2D eigenvalue weighted by molar-refractivity contribution is 7.10. The second kappa shape index (κ2) is 9.88. The molecule has 1 aromatic carbocycles. The van der Waals surface area contributed by atoms with Crippen molar-refractivity contribution in [2.24, 2.45) is 0 Å². The van der Waals surface area contributed by atoms with Gasteiger partial charge in [0.15, 0.2) is 17.3 Å². The van der Waals surface area contributed by atoms with Crippen molar-refractivity contribution in [1.29, 1.82) is 0 Å². The number of likely N-dealkylation sites (tertiary alicyclic amines) is 1. The van der Waals surface area contributed by atoms with Crippen LogP contribution in [0.2, 0.25) is 0 Å². The highest BCUT2D eigenvalue weighted by Crippen LogP contribution is 2.28. The number of rotatable bonds is 9. The van der Waals surface area contributed by atoms with Gasteiger partial charge in [-0.15, -0.1) is 11.3 Å². The van der Waals surface area contributed by atoms with E-state index in [1.165, 1.54) is 24.1 Å². The van der Waals surface area contributed by atoms with E-state index in [1.807, 2.05) is 0 Å². The average molecular weight is 389 g/mol. The van der Waals surface area contributed by atoms with Crippen LogP contribution in [-0.4, -0.2) is 51.1 Å². The Labute approximate surface area is 165 Å². The number of ketones is 1. The summed E-state index contributed by atoms with van der Waals surface area (Å²) in [5, 5.41) is 5.50. The number of nitrogens with zero attached hydrogens (tertiary/aromatic N) is 1. The van der Waals surface area contributed by atoms with E-state index in [9.17, 15) is 4.79 Å². The van der Waals surface area contributed by atoms with E-state index in [1.54, 1.807) is 43.8 Å². The Morgan fingerprint density at radius 1 is 1.15 bits per heavy atom. The predicted octanol–water partition coefficient (Wildman–Crippen LogP) is 3.76. The summed E-state index contributed by atoms with van der Waals surface area (Å²) in [6, 6.07) is 9.93. The highest BCUT2D eigenvalue weighted by atomic mass is 32.1. The number of carbonyl (C=O) groups is 1. The van der Waals surface area contributed by atoms with Crippen LogP contribution >= 0.6 is 11.3 Å². The maximum Gasteiger partial charge on any atom is 0.176 e. The molecule has 1 saturated heterocycles. The molecule has 1 N–H and O–H groups in total. The third-order valence-corrected chi connectivity index (χ3v) is 6.01. The molecule has 1 fully saturated rings. The molecule has 6 heteroatoms. The van der Waals surface area contributed by atoms with Gasteiger partial charge in [-0.2, -0.15) is 0 Å². The smallest absolute Gasteiger partial charge is 0.176 e. The van der Waals surface area contributed by atoms with Crippen molar-refractivity contribution < 1.29 is 14.3 Å². The molecule has 1 atom stereocenters. The van der Waals surface area contributed by atoms with Crippen molar-refractivity contribution in [1.82, 2.24) is 10.2 Å². The Hall–Kier alpha value is -1.89. The molecule has 2 aromatic rings. The fourth-order valence-electron chi connectivity index (χ4n) is 3.55. The quantitative estimate of drug-likeness (QED) is 0.663. The number of methoxy groups -OCH3 is 2. The maximum absolute atomic E-state index is 12.6. The topological polar surface area (TPSA) is 50.8 Å². The first-order chi connectivity index (χ1) is 13.2. The van der Waals surface area contributed by atoms with E-state index in [-0.39, 0.29) is 5.78 Å². The second-order valence-electron chi connectivity index (χ2n) is 6.75. The Balaban J connectivity index is 1.60. The second-order valence-corrected chi connectivity index (χ2v) is 7.73. The number of hydrogen-bond donors (Lipinski definition) is 1. The Kier molecular flexibility index (Phi) is 7.26. The zero-order valence-electron chi connectivity index (χ0n) is 16.1. The van der Waals surface area contributed by atoms with Gasteiger partial charge in [0.25, 0.3) is 0 Å². The van der Waals surface area contributed by atoms with E-state index in [0.29, 0.717) is 29.6 Å². The highest BCUT2D eigenvalue weighted by Gasteiger charge is 2.23. The number of benzene rings is 1. The van der Waals surface area contributed by atoms with Crippen molar-refractivity contribution in [3.8, 4) is 11.5 Å². The third-order valence-electron chi connectivity index (χ3n) is 5.03. The van der Waals surface area contributed by atoms with Gasteiger partial charge >= 0.3 is 0 Å². The number of hydrogen-bond acceptors (Lipinski definition) is 6. The van der Waals surface area contributed by atoms with Gasteiger partial charge in [-0.1, -0.05) is 12.5 Å². The average Bonchev–Trinajstić information content (AvgIpc) is 3.25. The summed E-state index contributed by atoms with van der Waals surface area (Å²) in [5.74, 6) is 1.26. The molecule has 0 saturated carbocycles. The lowest BCUT2D eigenvalue weighted by molar-refractivity contribution is 0.0983. The molecule has 2 heterocycles. The van der Waals surface area contributed by atoms with Gasteiger partial charge < -0.3 is 14.8 Å². The molecule has 0 amide bonds. The summed E-state index contributed by atoms with van der Waals surface area (Å²) >= 11 is 1.79. The number of carbonyl (C=O) groups excluding carboxylic acids is 1. The number of nitrogens with one attached hydrogen (secondary N) is 1. The zero-order chi connectivity index (χ0) is 19.1. The molecule has 5 nitrogen and oxygen atoms in total. The van der Waals surface area contributed by atoms with Crippen LogP contribution in [0.25, 0.3) is 0 Å². The van der Waals surface area contributed by atoms with E-state index in [0.717, 1.165) is 19.6 Å². The van der Waals surface area contributed by atoms with Crippen LogP contribution in [0.1, 0.15) is 40.5 Å². The molecule has 0 bridgehead atoms. The molecule has 146 valence electrons. The van der Waals surface area contributed by atoms with Crippen LogP contribution in [0.3, 0.4) is 0 Å². The SMILES string of the molecule is COc1ccc(C(=O)CNCC(c2cccs2)N2CCCCC2)cc1OC. The molecule has 1 aromatic heterocycles. The number of Topliss-reactive ketones (excluding diaryl/α,β-unsaturated/α-hetero) is 1. The summed E-state index contributed by atoms with van der Waals surface area (Å²) < 4.78 is 10.5. The molecule has 1 aliphatic rings. The molecule has 27 heavy (non-hydrogen) atoms. The van der Waals surface area contributed by atoms with Crippen LogP contribution in [0, 0.1) is 0 Å². The fourth-order valence-corrected chi connectivity index (χ4v) is 4.42. The minimum atomic E-state index is 0.0551. The molecule has 0 aliphatic carbocycles. The lowest BCUT2D eigenvalue weighted by Gasteiger charge is -2.34. The summed E-state index contributed by atoms with van der Waals surface area (Å²) in [7, 11) is 3.17. The third kappa shape index (κ3) is 5.09. The minimum Gasteiger partial charge on any atom is -0.493 e. The van der Waals surface area contributed by atoms with Crippen molar-refractivity contribution in [2.75, 3.05) is 40.4 Å². The molecule has 0 radical (unpaired) electrons. The van der Waals surface area contributed by atoms with Crippen LogP contribution < -0.4 is 14.8 Å². The van der Waals surface area contributed by atoms with Gasteiger partial charge in [0, 0.05) is 17.0 Å². The van der Waals surface area contributed by atoms with Gasteiger partial charge in [0.1, 0.15) is 0 Å². The van der Waals surface area contributed by atoms with Crippen LogP contribution in [0.5, 0.6) is 11.5 Å². The summed E-state index contributed by atoms with van der Waals surface area (Å²) in [6.07, 6.45) is 3.83. The number of thiophene rings is 1. The van der Waals surface area contributed by atoms with Crippen molar-refractivity contribution in [2.45, 2.75) is 25.3 Å². The normalized spacial score (nSPS) is 16.1. The van der Waals surface area contributed by atoms with E-state index in [4.69, 9.17) is 9.47 Å². The molecular weight excluding hydrogens is 360 g/mol. The Bertz CT molecular complexity index is 727. The summed E-state index contributed by atoms with van der Waals surface area (Å²) in [5.41, 5.74) is 0.630. The number of piperidine rings is 1. The van der Waals surface area contributed by atoms with E-state index in [2.05, 4.69) is 27.7 Å². The monoisotopic (exact) mass is 388 g/mol. The Morgan fingerprint density at radius 2 is 1.93 bits per heavy atom. The van der Waals surface area contributed by atoms with Crippen LogP contribution in [0.15, 0.2) is 35.7 Å². The molecule has 1 aliphatic heterocycles. The lowest BCUT2D eigenvalue weighted by Crippen LogP contribution is -2.39. The summed E-state index contributed by atoms with van der Waals surface area (Å²) in [4.78, 5) is 16.5. The minimum absolute atomic E-state index is 0.0551. The van der Waals surface area contributed by atoms with Gasteiger partial charge in [0.05, 0.1) is 26.8 Å². The fraction of sp³-hybridized carbons (Fsp3) is 0.476. The first kappa shape index (κ1) is 19.9. The number of ether oxygens (including phenoxy) is 2. The van der Waals surface area contributed by atoms with Gasteiger partial charge in [-0.3, -0.25) is 9.69 Å². The molecule has 0 spiro atoms. The Morgan fingerprint density at radius 3 is 2.59 bits per heavy atom. The van der Waals surface area contributed by atoms with Crippen molar-refractivity contribution in [3.05, 3.63) is 46.2 Å².